The summed E-state index contributed by atoms with van der Waals surface area (Å²) in [7, 11) is 0. The highest BCUT2D eigenvalue weighted by Gasteiger charge is 2.35. The highest BCUT2D eigenvalue weighted by Crippen LogP contribution is 2.41. The molecule has 0 spiro atoms. The van der Waals surface area contributed by atoms with Crippen molar-refractivity contribution in [3.8, 4) is 5.75 Å². The molecule has 2 unspecified atom stereocenters. The normalized spacial score (nSPS) is 28.8. The molecule has 2 heterocycles. The van der Waals surface area contributed by atoms with Crippen LogP contribution in [-0.4, -0.2) is 35.8 Å². The van der Waals surface area contributed by atoms with E-state index < -0.39 is 6.10 Å². The molecule has 4 heteroatoms. The van der Waals surface area contributed by atoms with Crippen molar-refractivity contribution in [3.05, 3.63) is 28.8 Å². The Morgan fingerprint density at radius 1 is 1.29 bits per heavy atom. The molecule has 2 aliphatic heterocycles. The topological polar surface area (TPSA) is 32.7 Å². The second kappa shape index (κ2) is 4.48. The first-order chi connectivity index (χ1) is 8.27. The van der Waals surface area contributed by atoms with Gasteiger partial charge in [0.2, 0.25) is 0 Å². The smallest absolute Gasteiger partial charge is 0.142 e. The Morgan fingerprint density at radius 3 is 2.82 bits per heavy atom. The Kier molecular flexibility index (Phi) is 2.99. The van der Waals surface area contributed by atoms with Crippen LogP contribution in [0.25, 0.3) is 0 Å². The first kappa shape index (κ1) is 11.3. The van der Waals surface area contributed by atoms with Gasteiger partial charge in [-0.05, 0) is 32.0 Å². The number of hydrogen-bond donors (Lipinski definition) is 1. The van der Waals surface area contributed by atoms with Crippen molar-refractivity contribution in [1.29, 1.82) is 0 Å². The zero-order valence-electron chi connectivity index (χ0n) is 9.60. The highest BCUT2D eigenvalue weighted by molar-refractivity contribution is 6.32. The predicted molar refractivity (Wildman–Crippen MR) is 66.5 cm³/mol. The van der Waals surface area contributed by atoms with Gasteiger partial charge < -0.3 is 9.84 Å². The number of benzene rings is 1. The minimum Gasteiger partial charge on any atom is -0.489 e. The lowest BCUT2D eigenvalue weighted by Crippen LogP contribution is -2.41. The molecule has 92 valence electrons. The van der Waals surface area contributed by atoms with Crippen LogP contribution in [0.5, 0.6) is 5.75 Å². The molecule has 17 heavy (non-hydrogen) atoms. The summed E-state index contributed by atoms with van der Waals surface area (Å²) in [5, 5.41) is 10.8. The summed E-state index contributed by atoms with van der Waals surface area (Å²) in [6.45, 7) is 2.43. The molecule has 2 atom stereocenters. The minimum atomic E-state index is -0.459. The van der Waals surface area contributed by atoms with Gasteiger partial charge in [-0.3, -0.25) is 4.90 Å². The fourth-order valence-electron chi connectivity index (χ4n) is 2.84. The lowest BCUT2D eigenvalue weighted by molar-refractivity contribution is 0.00882. The molecule has 0 aromatic heterocycles. The molecule has 3 nitrogen and oxygen atoms in total. The van der Waals surface area contributed by atoms with Gasteiger partial charge >= 0.3 is 0 Å². The van der Waals surface area contributed by atoms with Gasteiger partial charge in [0.05, 0.1) is 11.1 Å². The lowest BCUT2D eigenvalue weighted by atomic mass is 9.97. The molecule has 0 bridgehead atoms. The molecule has 1 aromatic carbocycles. The average Bonchev–Trinajstić information content (AvgIpc) is 2.82. The van der Waals surface area contributed by atoms with Crippen LogP contribution in [-0.2, 0) is 0 Å². The zero-order valence-corrected chi connectivity index (χ0v) is 10.4. The largest absolute Gasteiger partial charge is 0.489 e. The zero-order chi connectivity index (χ0) is 11.8. The summed E-state index contributed by atoms with van der Waals surface area (Å²) in [5.41, 5.74) is 1.03. The van der Waals surface area contributed by atoms with Crippen molar-refractivity contribution in [2.45, 2.75) is 25.0 Å². The van der Waals surface area contributed by atoms with E-state index in [2.05, 4.69) is 4.90 Å². The summed E-state index contributed by atoms with van der Waals surface area (Å²) in [4.78, 5) is 2.34. The maximum atomic E-state index is 10.2. The van der Waals surface area contributed by atoms with Crippen LogP contribution >= 0.6 is 11.6 Å². The first-order valence-corrected chi connectivity index (χ1v) is 6.48. The Balaban J connectivity index is 2.00. The fraction of sp³-hybridized carbons (Fsp3) is 0.538. The number of nitrogens with zero attached hydrogens (tertiary/aromatic N) is 1. The summed E-state index contributed by atoms with van der Waals surface area (Å²) in [6.07, 6.45) is 1.96. The van der Waals surface area contributed by atoms with Gasteiger partial charge in [-0.15, -0.1) is 0 Å². The highest BCUT2D eigenvalue weighted by atomic mass is 35.5. The number of para-hydroxylation sites is 1. The summed E-state index contributed by atoms with van der Waals surface area (Å²) >= 11 is 6.14. The van der Waals surface area contributed by atoms with Crippen molar-refractivity contribution in [2.24, 2.45) is 0 Å². The van der Waals surface area contributed by atoms with Crippen LogP contribution in [0.15, 0.2) is 18.2 Å². The molecule has 1 N–H and O–H groups in total. The second-order valence-corrected chi connectivity index (χ2v) is 5.13. The molecule has 2 aliphatic rings. The summed E-state index contributed by atoms with van der Waals surface area (Å²) in [5.74, 6) is 0.747. The molecule has 0 aliphatic carbocycles. The summed E-state index contributed by atoms with van der Waals surface area (Å²) in [6, 6.07) is 5.80. The Morgan fingerprint density at radius 2 is 2.06 bits per heavy atom. The number of fused-ring (bicyclic) bond motifs is 1. The molecule has 1 saturated heterocycles. The molecule has 1 fully saturated rings. The number of hydrogen-bond acceptors (Lipinski definition) is 3. The van der Waals surface area contributed by atoms with E-state index in [0.29, 0.717) is 11.6 Å². The average molecular weight is 254 g/mol. The number of ether oxygens (including phenoxy) is 1. The first-order valence-electron chi connectivity index (χ1n) is 6.10. The molecular weight excluding hydrogens is 238 g/mol. The maximum absolute atomic E-state index is 10.2. The molecule has 0 amide bonds. The van der Waals surface area contributed by atoms with Crippen molar-refractivity contribution in [3.63, 3.8) is 0 Å². The lowest BCUT2D eigenvalue weighted by Gasteiger charge is -2.36. The number of aliphatic hydroxyl groups excluding tert-OH is 1. The third kappa shape index (κ3) is 1.92. The van der Waals surface area contributed by atoms with Gasteiger partial charge in [0.15, 0.2) is 0 Å². The molecule has 1 aromatic rings. The third-order valence-corrected chi connectivity index (χ3v) is 3.91. The minimum absolute atomic E-state index is 0.0416. The van der Waals surface area contributed by atoms with Crippen LogP contribution in [0.3, 0.4) is 0 Å². The van der Waals surface area contributed by atoms with Crippen LogP contribution in [0, 0.1) is 0 Å². The van der Waals surface area contributed by atoms with Gasteiger partial charge in [-0.2, -0.15) is 0 Å². The Hall–Kier alpha value is -0.770. The van der Waals surface area contributed by atoms with Gasteiger partial charge in [0.1, 0.15) is 18.5 Å². The molecule has 3 rings (SSSR count). The number of likely N-dealkylation sites (tertiary alicyclic amines) is 1. The molecule has 0 radical (unpaired) electrons. The Labute approximate surface area is 106 Å². The molecular formula is C13H16ClNO2. The van der Waals surface area contributed by atoms with Gasteiger partial charge in [0.25, 0.3) is 0 Å². The van der Waals surface area contributed by atoms with E-state index in [1.54, 1.807) is 0 Å². The van der Waals surface area contributed by atoms with Crippen molar-refractivity contribution >= 4 is 11.6 Å². The number of halogens is 1. The van der Waals surface area contributed by atoms with Gasteiger partial charge in [0, 0.05) is 5.56 Å². The van der Waals surface area contributed by atoms with Crippen molar-refractivity contribution in [2.75, 3.05) is 19.7 Å². The van der Waals surface area contributed by atoms with Crippen LogP contribution in [0.1, 0.15) is 24.4 Å². The SMILES string of the molecule is OC1COc2c(Cl)cccc2C1N1CCCC1. The van der Waals surface area contributed by atoms with E-state index in [1.807, 2.05) is 18.2 Å². The van der Waals surface area contributed by atoms with Crippen LogP contribution < -0.4 is 4.74 Å². The number of aliphatic hydroxyl groups is 1. The third-order valence-electron chi connectivity index (χ3n) is 3.61. The van der Waals surface area contributed by atoms with Crippen molar-refractivity contribution in [1.82, 2.24) is 4.90 Å². The van der Waals surface area contributed by atoms with Gasteiger partial charge in [-0.1, -0.05) is 23.7 Å². The Bertz CT molecular complexity index is 418. The van der Waals surface area contributed by atoms with E-state index in [0.717, 1.165) is 24.4 Å². The predicted octanol–water partition coefficient (Wildman–Crippen LogP) is 2.23. The quantitative estimate of drug-likeness (QED) is 0.833. The van der Waals surface area contributed by atoms with E-state index in [4.69, 9.17) is 16.3 Å². The number of rotatable bonds is 1. The van der Waals surface area contributed by atoms with E-state index in [-0.39, 0.29) is 6.04 Å². The van der Waals surface area contributed by atoms with E-state index in [9.17, 15) is 5.11 Å². The van der Waals surface area contributed by atoms with Gasteiger partial charge in [-0.25, -0.2) is 0 Å². The fourth-order valence-corrected chi connectivity index (χ4v) is 3.07. The monoisotopic (exact) mass is 253 g/mol. The van der Waals surface area contributed by atoms with E-state index >= 15 is 0 Å². The summed E-state index contributed by atoms with van der Waals surface area (Å²) < 4.78 is 5.55. The van der Waals surface area contributed by atoms with Crippen LogP contribution in [0.4, 0.5) is 0 Å². The molecule has 0 saturated carbocycles. The van der Waals surface area contributed by atoms with Crippen LogP contribution in [0.2, 0.25) is 5.02 Å². The second-order valence-electron chi connectivity index (χ2n) is 4.72. The van der Waals surface area contributed by atoms with Crippen molar-refractivity contribution < 1.29 is 9.84 Å². The van der Waals surface area contributed by atoms with E-state index in [1.165, 1.54) is 12.8 Å². The standard InChI is InChI=1S/C13H16ClNO2/c14-10-5-3-4-9-12(15-6-1-2-7-15)11(16)8-17-13(9)10/h3-5,11-12,16H,1-2,6-8H2. The maximum Gasteiger partial charge on any atom is 0.142 e.